The molecule has 3 aromatic heterocycles. The van der Waals surface area contributed by atoms with Crippen molar-refractivity contribution in [2.75, 3.05) is 25.5 Å². The Morgan fingerprint density at radius 3 is 2.52 bits per heavy atom. The monoisotopic (exact) mass is 369 g/mol. The Morgan fingerprint density at radius 1 is 1.11 bits per heavy atom. The van der Waals surface area contributed by atoms with Crippen LogP contribution < -0.4 is 10.1 Å². The molecule has 27 heavy (non-hydrogen) atoms. The minimum absolute atomic E-state index is 0.499. The van der Waals surface area contributed by atoms with Crippen LogP contribution in [0.2, 0.25) is 0 Å². The van der Waals surface area contributed by atoms with E-state index >= 15 is 0 Å². The Balaban J connectivity index is 1.77. The topological polar surface area (TPSA) is 91.9 Å². The molecule has 0 aromatic carbocycles. The van der Waals surface area contributed by atoms with E-state index in [4.69, 9.17) is 4.74 Å². The van der Waals surface area contributed by atoms with Crippen LogP contribution in [0.3, 0.4) is 0 Å². The Bertz CT molecular complexity index is 865. The van der Waals surface area contributed by atoms with E-state index < -0.39 is 0 Å². The SMILES string of the molecule is COc1ccc(-c2nc3ncnc(NCCN(C(C)C)C(C)C)c3[nH]2)cn1. The average Bonchev–Trinajstić information content (AvgIpc) is 3.09. The standard InChI is InChI=1S/C19H27N7O/c1-12(2)26(13(3)4)9-8-20-18-16-19(23-11-22-18)25-17(24-16)14-6-7-15(27-5)21-10-14/h6-7,10-13H,8-9H2,1-5H3,(H2,20,22,23,24,25). The highest BCUT2D eigenvalue weighted by Crippen LogP contribution is 2.23. The molecular weight excluding hydrogens is 342 g/mol. The lowest BCUT2D eigenvalue weighted by molar-refractivity contribution is 0.182. The summed E-state index contributed by atoms with van der Waals surface area (Å²) >= 11 is 0. The molecule has 0 atom stereocenters. The van der Waals surface area contributed by atoms with Crippen molar-refractivity contribution in [3.8, 4) is 17.3 Å². The van der Waals surface area contributed by atoms with Crippen molar-refractivity contribution >= 4 is 17.0 Å². The number of hydrogen-bond acceptors (Lipinski definition) is 7. The predicted molar refractivity (Wildman–Crippen MR) is 107 cm³/mol. The van der Waals surface area contributed by atoms with E-state index in [0.29, 0.717) is 29.4 Å². The maximum absolute atomic E-state index is 5.10. The molecule has 8 nitrogen and oxygen atoms in total. The maximum Gasteiger partial charge on any atom is 0.212 e. The molecular formula is C19H27N7O. The Hall–Kier alpha value is -2.74. The molecule has 0 bridgehead atoms. The zero-order chi connectivity index (χ0) is 19.4. The van der Waals surface area contributed by atoms with E-state index in [1.807, 2.05) is 6.07 Å². The first-order valence-corrected chi connectivity index (χ1v) is 9.20. The van der Waals surface area contributed by atoms with Crippen LogP contribution in [0.15, 0.2) is 24.7 Å². The first-order valence-electron chi connectivity index (χ1n) is 9.20. The maximum atomic E-state index is 5.10. The van der Waals surface area contributed by atoms with Crippen LogP contribution >= 0.6 is 0 Å². The molecule has 0 aliphatic carbocycles. The van der Waals surface area contributed by atoms with Crippen molar-refractivity contribution < 1.29 is 4.74 Å². The number of pyridine rings is 1. The zero-order valence-corrected chi connectivity index (χ0v) is 16.5. The minimum atomic E-state index is 0.499. The summed E-state index contributed by atoms with van der Waals surface area (Å²) in [6, 6.07) is 4.71. The van der Waals surface area contributed by atoms with Gasteiger partial charge in [-0.2, -0.15) is 0 Å². The third-order valence-electron chi connectivity index (χ3n) is 4.50. The molecule has 8 heteroatoms. The smallest absolute Gasteiger partial charge is 0.212 e. The number of anilines is 1. The van der Waals surface area contributed by atoms with Gasteiger partial charge in [0.2, 0.25) is 5.88 Å². The third kappa shape index (κ3) is 4.33. The van der Waals surface area contributed by atoms with Gasteiger partial charge in [0, 0.05) is 43.0 Å². The molecule has 0 fully saturated rings. The van der Waals surface area contributed by atoms with Crippen LogP contribution in [0.1, 0.15) is 27.7 Å². The fraction of sp³-hybridized carbons (Fsp3) is 0.474. The molecule has 0 aliphatic rings. The van der Waals surface area contributed by atoms with Gasteiger partial charge in [0.1, 0.15) is 17.7 Å². The van der Waals surface area contributed by atoms with Crippen LogP contribution in [0.4, 0.5) is 5.82 Å². The molecule has 3 aromatic rings. The first-order chi connectivity index (χ1) is 13.0. The summed E-state index contributed by atoms with van der Waals surface area (Å²) in [5, 5.41) is 3.41. The van der Waals surface area contributed by atoms with E-state index in [0.717, 1.165) is 30.0 Å². The van der Waals surface area contributed by atoms with Gasteiger partial charge in [-0.15, -0.1) is 0 Å². The summed E-state index contributed by atoms with van der Waals surface area (Å²) < 4.78 is 5.10. The van der Waals surface area contributed by atoms with Crippen LogP contribution in [0, 0.1) is 0 Å². The lowest BCUT2D eigenvalue weighted by Gasteiger charge is -2.30. The minimum Gasteiger partial charge on any atom is -0.481 e. The second kappa shape index (κ2) is 8.30. The summed E-state index contributed by atoms with van der Waals surface area (Å²) in [6.45, 7) is 10.6. The van der Waals surface area contributed by atoms with Gasteiger partial charge in [-0.25, -0.2) is 19.9 Å². The first kappa shape index (κ1) is 19.0. The van der Waals surface area contributed by atoms with Crippen molar-refractivity contribution in [1.82, 2.24) is 29.8 Å². The van der Waals surface area contributed by atoms with Gasteiger partial charge < -0.3 is 15.0 Å². The highest BCUT2D eigenvalue weighted by atomic mass is 16.5. The lowest BCUT2D eigenvalue weighted by atomic mass is 10.2. The van der Waals surface area contributed by atoms with Crippen molar-refractivity contribution in [2.24, 2.45) is 0 Å². The number of imidazole rings is 1. The highest BCUT2D eigenvalue weighted by molar-refractivity contribution is 5.85. The molecule has 3 heterocycles. The van der Waals surface area contributed by atoms with Gasteiger partial charge in [-0.05, 0) is 33.8 Å². The van der Waals surface area contributed by atoms with Crippen LogP contribution in [-0.4, -0.2) is 62.1 Å². The van der Waals surface area contributed by atoms with Gasteiger partial charge in [0.25, 0.3) is 0 Å². The Morgan fingerprint density at radius 2 is 1.89 bits per heavy atom. The zero-order valence-electron chi connectivity index (χ0n) is 16.5. The summed E-state index contributed by atoms with van der Waals surface area (Å²) in [5.41, 5.74) is 2.29. The Labute approximate surface area is 159 Å². The number of nitrogens with one attached hydrogen (secondary N) is 2. The molecule has 0 aliphatic heterocycles. The molecule has 0 unspecified atom stereocenters. The van der Waals surface area contributed by atoms with Gasteiger partial charge >= 0.3 is 0 Å². The Kier molecular flexibility index (Phi) is 5.85. The molecule has 0 saturated carbocycles. The van der Waals surface area contributed by atoms with E-state index in [9.17, 15) is 0 Å². The van der Waals surface area contributed by atoms with Crippen LogP contribution in [0.5, 0.6) is 5.88 Å². The summed E-state index contributed by atoms with van der Waals surface area (Å²) in [5.74, 6) is 2.03. The molecule has 0 spiro atoms. The summed E-state index contributed by atoms with van der Waals surface area (Å²) in [7, 11) is 1.59. The second-order valence-electron chi connectivity index (χ2n) is 6.95. The van der Waals surface area contributed by atoms with Crippen molar-refractivity contribution in [1.29, 1.82) is 0 Å². The van der Waals surface area contributed by atoms with Gasteiger partial charge in [-0.3, -0.25) is 4.90 Å². The summed E-state index contributed by atoms with van der Waals surface area (Å²) in [6.07, 6.45) is 3.25. The number of fused-ring (bicyclic) bond motifs is 1. The number of hydrogen-bond donors (Lipinski definition) is 2. The number of rotatable bonds is 8. The predicted octanol–water partition coefficient (Wildman–Crippen LogP) is 2.95. The molecule has 3 rings (SSSR count). The van der Waals surface area contributed by atoms with Gasteiger partial charge in [-0.1, -0.05) is 0 Å². The molecule has 2 N–H and O–H groups in total. The number of H-pyrrole nitrogens is 1. The van der Waals surface area contributed by atoms with Gasteiger partial charge in [0.15, 0.2) is 11.5 Å². The molecule has 0 amide bonds. The molecule has 0 radical (unpaired) electrons. The number of aromatic nitrogens is 5. The fourth-order valence-corrected chi connectivity index (χ4v) is 3.16. The summed E-state index contributed by atoms with van der Waals surface area (Å²) in [4.78, 5) is 23.2. The van der Waals surface area contributed by atoms with E-state index in [2.05, 4.69) is 62.8 Å². The van der Waals surface area contributed by atoms with Crippen LogP contribution in [0.25, 0.3) is 22.6 Å². The largest absolute Gasteiger partial charge is 0.481 e. The fourth-order valence-electron chi connectivity index (χ4n) is 3.16. The van der Waals surface area contributed by atoms with Gasteiger partial charge in [0.05, 0.1) is 7.11 Å². The van der Waals surface area contributed by atoms with Crippen molar-refractivity contribution in [2.45, 2.75) is 39.8 Å². The van der Waals surface area contributed by atoms with E-state index in [-0.39, 0.29) is 0 Å². The van der Waals surface area contributed by atoms with Crippen LogP contribution in [-0.2, 0) is 0 Å². The second-order valence-corrected chi connectivity index (χ2v) is 6.95. The highest BCUT2D eigenvalue weighted by Gasteiger charge is 2.14. The lowest BCUT2D eigenvalue weighted by Crippen LogP contribution is -2.40. The average molecular weight is 369 g/mol. The number of nitrogens with zero attached hydrogens (tertiary/aromatic N) is 5. The number of methoxy groups -OCH3 is 1. The molecule has 144 valence electrons. The number of ether oxygens (including phenoxy) is 1. The normalized spacial score (nSPS) is 11.7. The number of aromatic amines is 1. The quantitative estimate of drug-likeness (QED) is 0.631. The van der Waals surface area contributed by atoms with E-state index in [1.54, 1.807) is 19.4 Å². The molecule has 0 saturated heterocycles. The van der Waals surface area contributed by atoms with Crippen molar-refractivity contribution in [3.05, 3.63) is 24.7 Å². The third-order valence-corrected chi connectivity index (χ3v) is 4.50. The van der Waals surface area contributed by atoms with E-state index in [1.165, 1.54) is 6.33 Å². The van der Waals surface area contributed by atoms with Crippen molar-refractivity contribution in [3.63, 3.8) is 0 Å².